The molecule has 152 valence electrons. The van der Waals surface area contributed by atoms with Gasteiger partial charge in [-0.3, -0.25) is 9.78 Å². The molecule has 0 radical (unpaired) electrons. The number of nitrogens with zero attached hydrogens (tertiary/aromatic N) is 1. The topological polar surface area (TPSA) is 71.5 Å². The Labute approximate surface area is 172 Å². The molecule has 2 atom stereocenters. The lowest BCUT2D eigenvalue weighted by Crippen LogP contribution is -2.40. The first-order chi connectivity index (χ1) is 13.2. The first-order valence-corrected chi connectivity index (χ1v) is 9.82. The van der Waals surface area contributed by atoms with E-state index in [2.05, 4.69) is 31.1 Å². The highest BCUT2D eigenvalue weighted by molar-refractivity contribution is 6.31. The normalized spacial score (nSPS) is 13.6. The Morgan fingerprint density at radius 2 is 1.93 bits per heavy atom. The first kappa shape index (κ1) is 22.2. The molecule has 1 aromatic carbocycles. The fourth-order valence-electron chi connectivity index (χ4n) is 2.76. The maximum atomic E-state index is 12.4. The second-order valence-corrected chi connectivity index (χ2v) is 8.41. The van der Waals surface area contributed by atoms with Crippen LogP contribution < -0.4 is 10.1 Å². The first-order valence-electron chi connectivity index (χ1n) is 9.45. The summed E-state index contributed by atoms with van der Waals surface area (Å²) in [5.74, 6) is 0.291. The number of halogens is 1. The predicted molar refractivity (Wildman–Crippen MR) is 112 cm³/mol. The Morgan fingerprint density at radius 3 is 2.50 bits per heavy atom. The summed E-state index contributed by atoms with van der Waals surface area (Å²) in [6.45, 7) is 8.44. The summed E-state index contributed by atoms with van der Waals surface area (Å²) in [6, 6.07) is 9.61. The molecule has 2 unspecified atom stereocenters. The molecule has 0 spiro atoms. The lowest BCUT2D eigenvalue weighted by molar-refractivity contribution is -0.127. The van der Waals surface area contributed by atoms with E-state index in [0.29, 0.717) is 23.7 Å². The van der Waals surface area contributed by atoms with Crippen LogP contribution in [0.4, 0.5) is 0 Å². The molecule has 0 aliphatic rings. The van der Waals surface area contributed by atoms with Gasteiger partial charge >= 0.3 is 0 Å². The number of ether oxygens (including phenoxy) is 1. The highest BCUT2D eigenvalue weighted by atomic mass is 35.5. The van der Waals surface area contributed by atoms with Gasteiger partial charge in [-0.05, 0) is 48.1 Å². The monoisotopic (exact) mass is 404 g/mol. The number of nitrogens with one attached hydrogen (secondary N) is 1. The molecule has 2 aromatic rings. The van der Waals surface area contributed by atoms with Crippen molar-refractivity contribution in [2.45, 2.75) is 45.6 Å². The number of hydrogen-bond donors (Lipinski definition) is 2. The average molecular weight is 405 g/mol. The summed E-state index contributed by atoms with van der Waals surface area (Å²) in [5, 5.41) is 13.0. The quantitative estimate of drug-likeness (QED) is 0.702. The zero-order valence-electron chi connectivity index (χ0n) is 16.9. The molecular formula is C22H29ClN2O3. The van der Waals surface area contributed by atoms with E-state index in [-0.39, 0.29) is 23.8 Å². The van der Waals surface area contributed by atoms with E-state index in [9.17, 15) is 9.90 Å². The fraction of sp³-hybridized carbons (Fsp3) is 0.455. The van der Waals surface area contributed by atoms with Gasteiger partial charge in [-0.1, -0.05) is 44.5 Å². The maximum Gasteiger partial charge on any atom is 0.260 e. The highest BCUT2D eigenvalue weighted by Gasteiger charge is 2.18. The highest BCUT2D eigenvalue weighted by Crippen LogP contribution is 2.24. The molecule has 1 heterocycles. The van der Waals surface area contributed by atoms with Gasteiger partial charge in [0.15, 0.2) is 6.10 Å². The van der Waals surface area contributed by atoms with Gasteiger partial charge < -0.3 is 15.2 Å². The number of aromatic nitrogens is 1. The number of benzene rings is 1. The third kappa shape index (κ3) is 6.50. The van der Waals surface area contributed by atoms with Gasteiger partial charge in [-0.25, -0.2) is 0 Å². The number of pyridine rings is 1. The molecular weight excluding hydrogens is 376 g/mol. The van der Waals surface area contributed by atoms with Crippen LogP contribution >= 0.6 is 11.6 Å². The number of amides is 1. The molecule has 1 amide bonds. The van der Waals surface area contributed by atoms with Crippen LogP contribution in [0.15, 0.2) is 42.7 Å². The molecule has 1 aromatic heterocycles. The minimum atomic E-state index is -0.635. The van der Waals surface area contributed by atoms with Crippen molar-refractivity contribution in [3.05, 3.63) is 58.9 Å². The number of rotatable bonds is 8. The number of aliphatic hydroxyl groups excluding tert-OH is 1. The van der Waals surface area contributed by atoms with Crippen LogP contribution in [0.25, 0.3) is 0 Å². The van der Waals surface area contributed by atoms with Crippen molar-refractivity contribution in [2.75, 3.05) is 13.2 Å². The lowest BCUT2D eigenvalue weighted by atomic mass is 9.87. The molecule has 2 rings (SSSR count). The molecule has 5 nitrogen and oxygen atoms in total. The Balaban J connectivity index is 1.86. The van der Waals surface area contributed by atoms with Crippen LogP contribution in [0, 0.1) is 5.92 Å². The van der Waals surface area contributed by atoms with Crippen LogP contribution in [0.3, 0.4) is 0 Å². The van der Waals surface area contributed by atoms with Crippen molar-refractivity contribution in [2.24, 2.45) is 5.92 Å². The minimum absolute atomic E-state index is 0.0531. The van der Waals surface area contributed by atoms with Crippen LogP contribution in [0.1, 0.15) is 38.8 Å². The van der Waals surface area contributed by atoms with Crippen molar-refractivity contribution < 1.29 is 14.6 Å². The van der Waals surface area contributed by atoms with E-state index < -0.39 is 6.10 Å². The van der Waals surface area contributed by atoms with E-state index in [4.69, 9.17) is 16.3 Å². The Bertz CT molecular complexity index is 772. The minimum Gasteiger partial charge on any atom is -0.481 e. The van der Waals surface area contributed by atoms with Crippen molar-refractivity contribution in [1.29, 1.82) is 0 Å². The average Bonchev–Trinajstić information content (AvgIpc) is 2.66. The van der Waals surface area contributed by atoms with Crippen LogP contribution in [-0.4, -0.2) is 35.3 Å². The summed E-state index contributed by atoms with van der Waals surface area (Å²) < 4.78 is 5.74. The van der Waals surface area contributed by atoms with Crippen molar-refractivity contribution in [1.82, 2.24) is 10.3 Å². The van der Waals surface area contributed by atoms with Crippen LogP contribution in [0.5, 0.6) is 5.75 Å². The molecule has 0 bridgehead atoms. The lowest BCUT2D eigenvalue weighted by Gasteiger charge is -2.21. The number of aliphatic hydroxyl groups is 1. The van der Waals surface area contributed by atoms with Crippen LogP contribution in [0.2, 0.25) is 5.02 Å². The summed E-state index contributed by atoms with van der Waals surface area (Å²) in [4.78, 5) is 16.3. The Hall–Kier alpha value is -2.11. The summed E-state index contributed by atoms with van der Waals surface area (Å²) >= 11 is 6.12. The SMILES string of the molecule is CC(Oc1ccc(C(C)(C)C)cc1)C(=O)NCC(CO)Cc1ccncc1Cl. The standard InChI is InChI=1S/C22H29ClN2O3/c1-15(28-19-7-5-18(6-8-19)22(2,3)4)21(27)25-12-16(14-26)11-17-9-10-24-13-20(17)23/h5-10,13,15-16,26H,11-12,14H2,1-4H3,(H,25,27). The van der Waals surface area contributed by atoms with E-state index in [1.165, 1.54) is 5.56 Å². The van der Waals surface area contributed by atoms with E-state index >= 15 is 0 Å². The molecule has 0 saturated carbocycles. The Kier molecular flexibility index (Phi) is 7.84. The van der Waals surface area contributed by atoms with Gasteiger partial charge in [0, 0.05) is 31.5 Å². The summed E-state index contributed by atoms with van der Waals surface area (Å²) in [5.41, 5.74) is 2.17. The second-order valence-electron chi connectivity index (χ2n) is 8.00. The third-order valence-corrected chi connectivity index (χ3v) is 4.93. The smallest absolute Gasteiger partial charge is 0.260 e. The van der Waals surface area contributed by atoms with Gasteiger partial charge in [0.1, 0.15) is 5.75 Å². The summed E-state index contributed by atoms with van der Waals surface area (Å²) in [6.07, 6.45) is 3.16. The predicted octanol–water partition coefficient (Wildman–Crippen LogP) is 3.77. The van der Waals surface area contributed by atoms with Gasteiger partial charge in [0.05, 0.1) is 5.02 Å². The molecule has 2 N–H and O–H groups in total. The number of hydrogen-bond acceptors (Lipinski definition) is 4. The number of carbonyl (C=O) groups excluding carboxylic acids is 1. The Morgan fingerprint density at radius 1 is 1.25 bits per heavy atom. The second kappa shape index (κ2) is 9.89. The summed E-state index contributed by atoms with van der Waals surface area (Å²) in [7, 11) is 0. The van der Waals surface area contributed by atoms with Gasteiger partial charge in [-0.2, -0.15) is 0 Å². The fourth-order valence-corrected chi connectivity index (χ4v) is 2.96. The largest absolute Gasteiger partial charge is 0.481 e. The van der Waals surface area contributed by atoms with Gasteiger partial charge in [0.2, 0.25) is 0 Å². The molecule has 0 aliphatic heterocycles. The molecule has 0 aliphatic carbocycles. The van der Waals surface area contributed by atoms with Crippen molar-refractivity contribution >= 4 is 17.5 Å². The zero-order chi connectivity index (χ0) is 20.7. The van der Waals surface area contributed by atoms with E-state index in [1.54, 1.807) is 19.3 Å². The van der Waals surface area contributed by atoms with Gasteiger partial charge in [0.25, 0.3) is 5.91 Å². The molecule has 0 fully saturated rings. The van der Waals surface area contributed by atoms with Gasteiger partial charge in [-0.15, -0.1) is 0 Å². The zero-order valence-corrected chi connectivity index (χ0v) is 17.7. The molecule has 6 heteroatoms. The third-order valence-electron chi connectivity index (χ3n) is 4.59. The maximum absolute atomic E-state index is 12.4. The molecule has 28 heavy (non-hydrogen) atoms. The van der Waals surface area contributed by atoms with Crippen molar-refractivity contribution in [3.8, 4) is 5.75 Å². The van der Waals surface area contributed by atoms with E-state index in [0.717, 1.165) is 5.56 Å². The number of carbonyl (C=O) groups is 1. The van der Waals surface area contributed by atoms with Crippen molar-refractivity contribution in [3.63, 3.8) is 0 Å². The van der Waals surface area contributed by atoms with Crippen LogP contribution in [-0.2, 0) is 16.6 Å². The van der Waals surface area contributed by atoms with E-state index in [1.807, 2.05) is 30.3 Å². The molecule has 0 saturated heterocycles.